The van der Waals surface area contributed by atoms with E-state index in [0.717, 1.165) is 18.7 Å². The van der Waals surface area contributed by atoms with Crippen molar-refractivity contribution in [3.05, 3.63) is 23.8 Å². The average molecular weight is 263 g/mol. The molecule has 5 nitrogen and oxygen atoms in total. The van der Waals surface area contributed by atoms with E-state index in [1.807, 2.05) is 32.3 Å². The molecular formula is C14H21N3O2. The zero-order chi connectivity index (χ0) is 14.3. The minimum absolute atomic E-state index is 0.347. The second kappa shape index (κ2) is 7.62. The molecule has 0 aliphatic heterocycles. The number of likely N-dealkylation sites (N-methyl/N-ethyl adjacent to an activating group) is 1. The molecule has 0 spiro atoms. The van der Waals surface area contributed by atoms with Crippen LogP contribution in [0.25, 0.3) is 0 Å². The number of hydrogen-bond acceptors (Lipinski definition) is 5. The van der Waals surface area contributed by atoms with Gasteiger partial charge in [0.15, 0.2) is 11.5 Å². The average Bonchev–Trinajstić information content (AvgIpc) is 2.42. The zero-order valence-corrected chi connectivity index (χ0v) is 11.9. The third-order valence-electron chi connectivity index (χ3n) is 2.78. The Morgan fingerprint density at radius 2 is 1.95 bits per heavy atom. The van der Waals surface area contributed by atoms with Crippen molar-refractivity contribution in [2.45, 2.75) is 6.04 Å². The SMILES string of the molecule is COc1ccc(C(C#N)NCCN(C)C)cc1OC. The van der Waals surface area contributed by atoms with E-state index in [9.17, 15) is 5.26 Å². The number of rotatable bonds is 7. The molecule has 1 atom stereocenters. The molecule has 1 N–H and O–H groups in total. The van der Waals surface area contributed by atoms with Crippen LogP contribution in [-0.4, -0.2) is 46.3 Å². The van der Waals surface area contributed by atoms with Crippen LogP contribution in [0.15, 0.2) is 18.2 Å². The molecule has 19 heavy (non-hydrogen) atoms. The van der Waals surface area contributed by atoms with Gasteiger partial charge < -0.3 is 14.4 Å². The molecule has 0 saturated heterocycles. The summed E-state index contributed by atoms with van der Waals surface area (Å²) in [5.74, 6) is 1.30. The number of nitrogens with one attached hydrogen (secondary N) is 1. The topological polar surface area (TPSA) is 57.5 Å². The lowest BCUT2D eigenvalue weighted by Crippen LogP contribution is -2.29. The van der Waals surface area contributed by atoms with Crippen molar-refractivity contribution in [2.24, 2.45) is 0 Å². The van der Waals surface area contributed by atoms with Crippen LogP contribution in [0.5, 0.6) is 11.5 Å². The van der Waals surface area contributed by atoms with Gasteiger partial charge in [-0.1, -0.05) is 6.07 Å². The number of nitriles is 1. The van der Waals surface area contributed by atoms with Gasteiger partial charge in [-0.25, -0.2) is 0 Å². The van der Waals surface area contributed by atoms with Crippen LogP contribution in [0.1, 0.15) is 11.6 Å². The maximum atomic E-state index is 9.24. The van der Waals surface area contributed by atoms with Crippen molar-refractivity contribution in [1.82, 2.24) is 10.2 Å². The summed E-state index contributed by atoms with van der Waals surface area (Å²) in [7, 11) is 7.18. The first-order chi connectivity index (χ1) is 9.12. The van der Waals surface area contributed by atoms with Crippen molar-refractivity contribution in [3.8, 4) is 17.6 Å². The normalized spacial score (nSPS) is 12.0. The highest BCUT2D eigenvalue weighted by Crippen LogP contribution is 2.29. The lowest BCUT2D eigenvalue weighted by molar-refractivity contribution is 0.354. The summed E-state index contributed by atoms with van der Waals surface area (Å²) in [4.78, 5) is 2.07. The van der Waals surface area contributed by atoms with Gasteiger partial charge in [0.05, 0.1) is 20.3 Å². The van der Waals surface area contributed by atoms with Crippen LogP contribution < -0.4 is 14.8 Å². The number of hydrogen-bond donors (Lipinski definition) is 1. The van der Waals surface area contributed by atoms with Crippen LogP contribution in [0, 0.1) is 11.3 Å². The Morgan fingerprint density at radius 1 is 1.26 bits per heavy atom. The largest absolute Gasteiger partial charge is 0.493 e. The van der Waals surface area contributed by atoms with Crippen LogP contribution in [0.3, 0.4) is 0 Å². The molecule has 1 aromatic carbocycles. The molecule has 0 aliphatic carbocycles. The first-order valence-corrected chi connectivity index (χ1v) is 6.12. The van der Waals surface area contributed by atoms with Crippen molar-refractivity contribution >= 4 is 0 Å². The van der Waals surface area contributed by atoms with E-state index in [4.69, 9.17) is 9.47 Å². The third kappa shape index (κ3) is 4.43. The summed E-state index contributed by atoms with van der Waals surface area (Å²) >= 11 is 0. The Kier molecular flexibility index (Phi) is 6.13. The molecule has 0 fully saturated rings. The monoisotopic (exact) mass is 263 g/mol. The molecule has 0 bridgehead atoms. The summed E-state index contributed by atoms with van der Waals surface area (Å²) in [5.41, 5.74) is 0.874. The van der Waals surface area contributed by atoms with Crippen LogP contribution in [-0.2, 0) is 0 Å². The van der Waals surface area contributed by atoms with E-state index < -0.39 is 0 Å². The van der Waals surface area contributed by atoms with Crippen molar-refractivity contribution in [3.63, 3.8) is 0 Å². The van der Waals surface area contributed by atoms with Crippen molar-refractivity contribution in [2.75, 3.05) is 41.4 Å². The smallest absolute Gasteiger partial charge is 0.161 e. The molecule has 0 radical (unpaired) electrons. The Balaban J connectivity index is 2.78. The number of nitrogens with zero attached hydrogens (tertiary/aromatic N) is 2. The fourth-order valence-electron chi connectivity index (χ4n) is 1.70. The van der Waals surface area contributed by atoms with E-state index in [1.165, 1.54) is 0 Å². The predicted molar refractivity (Wildman–Crippen MR) is 74.5 cm³/mol. The fraction of sp³-hybridized carbons (Fsp3) is 0.500. The van der Waals surface area contributed by atoms with Gasteiger partial charge in [0.25, 0.3) is 0 Å². The maximum absolute atomic E-state index is 9.24. The quantitative estimate of drug-likeness (QED) is 0.806. The number of methoxy groups -OCH3 is 2. The summed E-state index contributed by atoms with van der Waals surface area (Å²) in [6.07, 6.45) is 0. The Hall–Kier alpha value is -1.77. The third-order valence-corrected chi connectivity index (χ3v) is 2.78. The molecular weight excluding hydrogens is 242 g/mol. The molecule has 0 saturated carbocycles. The molecule has 1 aromatic rings. The Morgan fingerprint density at radius 3 is 2.47 bits per heavy atom. The van der Waals surface area contributed by atoms with Gasteiger partial charge >= 0.3 is 0 Å². The Bertz CT molecular complexity index is 441. The highest BCUT2D eigenvalue weighted by Gasteiger charge is 2.13. The molecule has 0 amide bonds. The van der Waals surface area contributed by atoms with E-state index in [0.29, 0.717) is 11.5 Å². The van der Waals surface area contributed by atoms with E-state index in [-0.39, 0.29) is 6.04 Å². The van der Waals surface area contributed by atoms with Crippen molar-refractivity contribution < 1.29 is 9.47 Å². The summed E-state index contributed by atoms with van der Waals surface area (Å²) in [6, 6.07) is 7.42. The molecule has 0 heterocycles. The Labute approximate surface area is 114 Å². The minimum Gasteiger partial charge on any atom is -0.493 e. The maximum Gasteiger partial charge on any atom is 0.161 e. The first-order valence-electron chi connectivity index (χ1n) is 6.12. The van der Waals surface area contributed by atoms with Crippen LogP contribution in [0.4, 0.5) is 0 Å². The van der Waals surface area contributed by atoms with Gasteiger partial charge in [0.2, 0.25) is 0 Å². The second-order valence-corrected chi connectivity index (χ2v) is 4.43. The lowest BCUT2D eigenvalue weighted by atomic mass is 10.1. The van der Waals surface area contributed by atoms with Crippen LogP contribution >= 0.6 is 0 Å². The van der Waals surface area contributed by atoms with E-state index in [2.05, 4.69) is 16.3 Å². The molecule has 5 heteroatoms. The molecule has 0 aromatic heterocycles. The zero-order valence-electron chi connectivity index (χ0n) is 11.9. The summed E-state index contributed by atoms with van der Waals surface area (Å²) in [5, 5.41) is 12.4. The predicted octanol–water partition coefficient (Wildman–Crippen LogP) is 1.42. The fourth-order valence-corrected chi connectivity index (χ4v) is 1.70. The second-order valence-electron chi connectivity index (χ2n) is 4.43. The summed E-state index contributed by atoms with van der Waals surface area (Å²) in [6.45, 7) is 1.63. The van der Waals surface area contributed by atoms with Gasteiger partial charge in [0, 0.05) is 13.1 Å². The van der Waals surface area contributed by atoms with Crippen LogP contribution in [0.2, 0.25) is 0 Å². The highest BCUT2D eigenvalue weighted by molar-refractivity contribution is 5.44. The standard InChI is InChI=1S/C14H21N3O2/c1-17(2)8-7-16-12(10-15)11-5-6-13(18-3)14(9-11)19-4/h5-6,9,12,16H,7-8H2,1-4H3. The van der Waals surface area contributed by atoms with Crippen molar-refractivity contribution in [1.29, 1.82) is 5.26 Å². The highest BCUT2D eigenvalue weighted by atomic mass is 16.5. The van der Waals surface area contributed by atoms with Gasteiger partial charge in [0.1, 0.15) is 6.04 Å². The molecule has 1 unspecified atom stereocenters. The summed E-state index contributed by atoms with van der Waals surface area (Å²) < 4.78 is 10.4. The molecule has 104 valence electrons. The van der Waals surface area contributed by atoms with Gasteiger partial charge in [-0.3, -0.25) is 5.32 Å². The molecule has 1 rings (SSSR count). The van der Waals surface area contributed by atoms with E-state index in [1.54, 1.807) is 14.2 Å². The lowest BCUT2D eigenvalue weighted by Gasteiger charge is -2.16. The van der Waals surface area contributed by atoms with Gasteiger partial charge in [-0.15, -0.1) is 0 Å². The van der Waals surface area contributed by atoms with E-state index >= 15 is 0 Å². The first kappa shape index (κ1) is 15.3. The van der Waals surface area contributed by atoms with Gasteiger partial charge in [-0.05, 0) is 31.8 Å². The minimum atomic E-state index is -0.347. The number of benzene rings is 1. The molecule has 0 aliphatic rings. The number of ether oxygens (including phenoxy) is 2. The van der Waals surface area contributed by atoms with Gasteiger partial charge in [-0.2, -0.15) is 5.26 Å².